The first kappa shape index (κ1) is 15.1. The second-order valence-corrected chi connectivity index (χ2v) is 6.45. The van der Waals surface area contributed by atoms with Crippen LogP contribution < -0.4 is 11.1 Å². The van der Waals surface area contributed by atoms with Crippen LogP contribution in [-0.2, 0) is 4.79 Å². The molecule has 1 saturated carbocycles. The van der Waals surface area contributed by atoms with Crippen molar-refractivity contribution in [1.82, 2.24) is 0 Å². The fourth-order valence-corrected chi connectivity index (χ4v) is 3.09. The highest BCUT2D eigenvalue weighted by Gasteiger charge is 2.52. The number of amidine groups is 1. The van der Waals surface area contributed by atoms with Gasteiger partial charge in [-0.25, -0.2) is 0 Å². The van der Waals surface area contributed by atoms with Gasteiger partial charge < -0.3 is 16.3 Å². The first-order valence-electron chi connectivity index (χ1n) is 6.13. The number of nitrogens with zero attached hydrogens (tertiary/aromatic N) is 1. The number of anilines is 1. The molecule has 0 bridgehead atoms. The number of oxime groups is 1. The largest absolute Gasteiger partial charge is 0.409 e. The molecule has 0 aromatic heterocycles. The summed E-state index contributed by atoms with van der Waals surface area (Å²) in [7, 11) is 0. The molecule has 0 spiro atoms. The topological polar surface area (TPSA) is 87.7 Å². The first-order chi connectivity index (χ1) is 9.39. The average molecular weight is 361 g/mol. The lowest BCUT2D eigenvalue weighted by Crippen LogP contribution is -2.54. The Hall–Kier alpha value is -1.27. The van der Waals surface area contributed by atoms with E-state index in [9.17, 15) is 4.79 Å². The Bertz CT molecular complexity index is 571. The van der Waals surface area contributed by atoms with Gasteiger partial charge in [-0.3, -0.25) is 4.79 Å². The highest BCUT2D eigenvalue weighted by atomic mass is 79.9. The lowest BCUT2D eigenvalue weighted by atomic mass is 9.61. The van der Waals surface area contributed by atoms with E-state index in [2.05, 4.69) is 26.4 Å². The molecule has 7 heteroatoms. The summed E-state index contributed by atoms with van der Waals surface area (Å²) in [5, 5.41) is 15.2. The van der Waals surface area contributed by atoms with Crippen LogP contribution in [-0.4, -0.2) is 17.0 Å². The smallest absolute Gasteiger partial charge is 0.238 e. The van der Waals surface area contributed by atoms with Crippen molar-refractivity contribution in [1.29, 1.82) is 0 Å². The van der Waals surface area contributed by atoms with E-state index < -0.39 is 5.41 Å². The number of amides is 1. The molecule has 0 aliphatic heterocycles. The average Bonchev–Trinajstić information content (AvgIpc) is 2.38. The molecule has 0 saturated heterocycles. The summed E-state index contributed by atoms with van der Waals surface area (Å²) >= 11 is 9.26. The molecule has 0 heterocycles. The van der Waals surface area contributed by atoms with Crippen molar-refractivity contribution < 1.29 is 10.0 Å². The Morgan fingerprint density at radius 3 is 2.80 bits per heavy atom. The van der Waals surface area contributed by atoms with E-state index >= 15 is 0 Å². The maximum absolute atomic E-state index is 12.5. The molecule has 20 heavy (non-hydrogen) atoms. The minimum Gasteiger partial charge on any atom is -0.409 e. The molecular formula is C13H15BrClN3O2. The minimum atomic E-state index is -0.935. The molecule has 108 valence electrons. The predicted octanol–water partition coefficient (Wildman–Crippen LogP) is 3.20. The van der Waals surface area contributed by atoms with Gasteiger partial charge in [0.25, 0.3) is 0 Å². The normalized spacial score (nSPS) is 25.9. The number of rotatable bonds is 3. The number of benzene rings is 1. The van der Waals surface area contributed by atoms with Gasteiger partial charge in [0.1, 0.15) is 5.41 Å². The quantitative estimate of drug-likeness (QED) is 0.335. The highest BCUT2D eigenvalue weighted by molar-refractivity contribution is 9.10. The Balaban J connectivity index is 2.24. The van der Waals surface area contributed by atoms with Crippen LogP contribution in [0.2, 0.25) is 5.02 Å². The zero-order chi connectivity index (χ0) is 14.9. The van der Waals surface area contributed by atoms with Crippen molar-refractivity contribution in [3.8, 4) is 0 Å². The maximum atomic E-state index is 12.5. The molecule has 5 nitrogen and oxygen atoms in total. The van der Waals surface area contributed by atoms with Gasteiger partial charge in [-0.15, -0.1) is 0 Å². The summed E-state index contributed by atoms with van der Waals surface area (Å²) in [5.74, 6) is 0.0315. The third kappa shape index (κ3) is 2.62. The van der Waals surface area contributed by atoms with Gasteiger partial charge in [-0.1, -0.05) is 23.7 Å². The molecule has 1 aromatic rings. The van der Waals surface area contributed by atoms with E-state index in [1.807, 2.05) is 6.92 Å². The van der Waals surface area contributed by atoms with Crippen molar-refractivity contribution >= 4 is 45.0 Å². The lowest BCUT2D eigenvalue weighted by molar-refractivity contribution is -0.127. The maximum Gasteiger partial charge on any atom is 0.238 e. The monoisotopic (exact) mass is 359 g/mol. The number of nitrogens with two attached hydrogens (primary N) is 1. The van der Waals surface area contributed by atoms with Crippen LogP contribution in [0.3, 0.4) is 0 Å². The molecule has 0 atom stereocenters. The van der Waals surface area contributed by atoms with Gasteiger partial charge in [0, 0.05) is 9.50 Å². The zero-order valence-electron chi connectivity index (χ0n) is 10.9. The van der Waals surface area contributed by atoms with Crippen molar-refractivity contribution in [2.45, 2.75) is 19.8 Å². The lowest BCUT2D eigenvalue weighted by Gasteiger charge is -2.43. The van der Waals surface area contributed by atoms with Gasteiger partial charge >= 0.3 is 0 Å². The highest BCUT2D eigenvalue weighted by Crippen LogP contribution is 2.46. The van der Waals surface area contributed by atoms with Crippen LogP contribution in [0.1, 0.15) is 19.8 Å². The van der Waals surface area contributed by atoms with Gasteiger partial charge in [-0.05, 0) is 52.9 Å². The van der Waals surface area contributed by atoms with Gasteiger partial charge in [0.2, 0.25) is 5.91 Å². The number of hydrogen-bond donors (Lipinski definition) is 3. The fraction of sp³-hybridized carbons (Fsp3) is 0.385. The van der Waals surface area contributed by atoms with Crippen molar-refractivity contribution in [3.05, 3.63) is 27.7 Å². The summed E-state index contributed by atoms with van der Waals surface area (Å²) in [6.45, 7) is 2.02. The van der Waals surface area contributed by atoms with E-state index in [1.54, 1.807) is 18.2 Å². The van der Waals surface area contributed by atoms with Crippen LogP contribution in [0, 0.1) is 11.3 Å². The predicted molar refractivity (Wildman–Crippen MR) is 82.0 cm³/mol. The summed E-state index contributed by atoms with van der Waals surface area (Å²) in [5.41, 5.74) is 5.33. The van der Waals surface area contributed by atoms with E-state index in [1.165, 1.54) is 0 Å². The SMILES string of the molecule is CC1CC(C(=O)Nc2cc(Cl)ccc2Br)(/C(N)=N/O)C1. The number of hydrogen-bond acceptors (Lipinski definition) is 3. The van der Waals surface area contributed by atoms with Gasteiger partial charge in [0.15, 0.2) is 5.84 Å². The molecule has 4 N–H and O–H groups in total. The van der Waals surface area contributed by atoms with Gasteiger partial charge in [0.05, 0.1) is 5.69 Å². The second-order valence-electron chi connectivity index (χ2n) is 5.16. The Morgan fingerprint density at radius 1 is 1.60 bits per heavy atom. The summed E-state index contributed by atoms with van der Waals surface area (Å²) < 4.78 is 0.720. The van der Waals surface area contributed by atoms with Crippen LogP contribution in [0.5, 0.6) is 0 Å². The molecule has 2 rings (SSSR count). The third-order valence-corrected chi connectivity index (χ3v) is 4.53. The molecule has 1 amide bonds. The van der Waals surface area contributed by atoms with Crippen LogP contribution in [0.15, 0.2) is 27.8 Å². The van der Waals surface area contributed by atoms with Gasteiger partial charge in [-0.2, -0.15) is 0 Å². The van der Waals surface area contributed by atoms with Crippen LogP contribution in [0.4, 0.5) is 5.69 Å². The number of halogens is 2. The number of carbonyl (C=O) groups excluding carboxylic acids is 1. The molecular weight excluding hydrogens is 346 g/mol. The zero-order valence-corrected chi connectivity index (χ0v) is 13.2. The Morgan fingerprint density at radius 2 is 2.25 bits per heavy atom. The minimum absolute atomic E-state index is 0.0498. The van der Waals surface area contributed by atoms with E-state index in [-0.39, 0.29) is 11.7 Å². The third-order valence-electron chi connectivity index (χ3n) is 3.60. The van der Waals surface area contributed by atoms with Crippen molar-refractivity contribution in [3.63, 3.8) is 0 Å². The molecule has 0 unspecified atom stereocenters. The molecule has 1 aromatic carbocycles. The summed E-state index contributed by atoms with van der Waals surface area (Å²) in [4.78, 5) is 12.5. The number of carbonyl (C=O) groups is 1. The molecule has 1 aliphatic carbocycles. The molecule has 0 radical (unpaired) electrons. The van der Waals surface area contributed by atoms with E-state index in [0.29, 0.717) is 29.5 Å². The molecule has 1 aliphatic rings. The Labute approximate surface area is 130 Å². The van der Waals surface area contributed by atoms with E-state index in [4.69, 9.17) is 22.5 Å². The summed E-state index contributed by atoms with van der Waals surface area (Å²) in [6, 6.07) is 5.11. The van der Waals surface area contributed by atoms with Crippen LogP contribution >= 0.6 is 27.5 Å². The number of nitrogens with one attached hydrogen (secondary N) is 1. The Kier molecular flexibility index (Phi) is 4.25. The second kappa shape index (κ2) is 5.61. The molecule has 1 fully saturated rings. The van der Waals surface area contributed by atoms with E-state index in [0.717, 1.165) is 4.47 Å². The van der Waals surface area contributed by atoms with Crippen molar-refractivity contribution in [2.24, 2.45) is 22.2 Å². The summed E-state index contributed by atoms with van der Waals surface area (Å²) in [6.07, 6.45) is 1.12. The van der Waals surface area contributed by atoms with Crippen molar-refractivity contribution in [2.75, 3.05) is 5.32 Å². The fourth-order valence-electron chi connectivity index (χ4n) is 2.57. The van der Waals surface area contributed by atoms with Crippen LogP contribution in [0.25, 0.3) is 0 Å². The first-order valence-corrected chi connectivity index (χ1v) is 7.30. The standard InChI is InChI=1S/C13H15BrClN3O2/c1-7-5-13(6-7,11(16)18-20)12(19)17-10-4-8(15)2-3-9(10)14/h2-4,7,20H,5-6H2,1H3,(H2,16,18)(H,17,19).